The van der Waals surface area contributed by atoms with Crippen LogP contribution in [0.5, 0.6) is 0 Å². The molecule has 2 rings (SSSR count). The quantitative estimate of drug-likeness (QED) is 0.781. The molecule has 1 N–H and O–H groups in total. The van der Waals surface area contributed by atoms with Crippen molar-refractivity contribution in [3.8, 4) is 0 Å². The van der Waals surface area contributed by atoms with Crippen LogP contribution in [0, 0.1) is 0 Å². The van der Waals surface area contributed by atoms with E-state index in [9.17, 15) is 9.59 Å². The van der Waals surface area contributed by atoms with Crippen LogP contribution in [-0.4, -0.2) is 55.9 Å². The van der Waals surface area contributed by atoms with Gasteiger partial charge in [0.15, 0.2) is 0 Å². The third-order valence-electron chi connectivity index (χ3n) is 3.52. The Balaban J connectivity index is 1.75. The summed E-state index contributed by atoms with van der Waals surface area (Å²) < 4.78 is 9.95. The fourth-order valence-corrected chi connectivity index (χ4v) is 2.45. The fraction of sp³-hybridized carbons (Fsp3) is 0.833. The number of ether oxygens (including phenoxy) is 2. The third-order valence-corrected chi connectivity index (χ3v) is 3.52. The van der Waals surface area contributed by atoms with Crippen molar-refractivity contribution in [2.75, 3.05) is 26.8 Å². The first-order valence-corrected chi connectivity index (χ1v) is 6.45. The Bertz CT molecular complexity index is 307. The molecule has 0 bridgehead atoms. The monoisotopic (exact) mass is 256 g/mol. The summed E-state index contributed by atoms with van der Waals surface area (Å²) in [6.07, 6.45) is 2.70. The van der Waals surface area contributed by atoms with Crippen LogP contribution in [0.1, 0.15) is 25.7 Å². The third kappa shape index (κ3) is 3.13. The van der Waals surface area contributed by atoms with Crippen LogP contribution in [0.25, 0.3) is 0 Å². The lowest BCUT2D eigenvalue weighted by molar-refractivity contribution is -0.142. The van der Waals surface area contributed by atoms with E-state index in [4.69, 9.17) is 4.74 Å². The van der Waals surface area contributed by atoms with Crippen LogP contribution in [0.4, 0.5) is 4.79 Å². The number of hydrogen-bond acceptors (Lipinski definition) is 4. The zero-order valence-electron chi connectivity index (χ0n) is 10.7. The predicted octanol–water partition coefficient (Wildman–Crippen LogP) is 0.512. The largest absolute Gasteiger partial charge is 0.453 e. The van der Waals surface area contributed by atoms with Gasteiger partial charge in [-0.05, 0) is 25.7 Å². The lowest BCUT2D eigenvalue weighted by atomic mass is 10.0. The number of nitrogens with zero attached hydrogens (tertiary/aromatic N) is 1. The van der Waals surface area contributed by atoms with Gasteiger partial charge in [0.05, 0.1) is 7.11 Å². The number of hydrogen-bond donors (Lipinski definition) is 1. The average molecular weight is 256 g/mol. The van der Waals surface area contributed by atoms with Crippen LogP contribution in [-0.2, 0) is 14.3 Å². The highest BCUT2D eigenvalue weighted by Crippen LogP contribution is 2.18. The molecule has 102 valence electrons. The Labute approximate surface area is 107 Å². The highest BCUT2D eigenvalue weighted by Gasteiger charge is 2.31. The molecule has 0 aromatic carbocycles. The molecule has 0 radical (unpaired) electrons. The van der Waals surface area contributed by atoms with Crippen molar-refractivity contribution in [1.82, 2.24) is 10.2 Å². The lowest BCUT2D eigenvalue weighted by Crippen LogP contribution is -2.49. The van der Waals surface area contributed by atoms with Crippen LogP contribution in [0.2, 0.25) is 0 Å². The van der Waals surface area contributed by atoms with Gasteiger partial charge in [0, 0.05) is 25.7 Å². The summed E-state index contributed by atoms with van der Waals surface area (Å²) in [5, 5.41) is 2.77. The minimum atomic E-state index is -0.404. The molecule has 2 aliphatic heterocycles. The zero-order valence-corrected chi connectivity index (χ0v) is 10.7. The maximum absolute atomic E-state index is 12.1. The van der Waals surface area contributed by atoms with E-state index in [-0.39, 0.29) is 18.1 Å². The van der Waals surface area contributed by atoms with E-state index in [1.54, 1.807) is 0 Å². The molecule has 2 aliphatic rings. The standard InChI is InChI=1S/C12H20N2O4/c1-17-12(16)13-9-4-6-14(7-5-9)11(15)10-3-2-8-18-10/h9-10H,2-8H2,1H3,(H,13,16). The van der Waals surface area contributed by atoms with Gasteiger partial charge < -0.3 is 19.7 Å². The maximum Gasteiger partial charge on any atom is 0.407 e. The van der Waals surface area contributed by atoms with Crippen molar-refractivity contribution < 1.29 is 19.1 Å². The molecule has 0 aliphatic carbocycles. The molecule has 2 heterocycles. The van der Waals surface area contributed by atoms with Gasteiger partial charge in [-0.25, -0.2) is 4.79 Å². The van der Waals surface area contributed by atoms with Gasteiger partial charge >= 0.3 is 6.09 Å². The minimum Gasteiger partial charge on any atom is -0.453 e. The predicted molar refractivity (Wildman–Crippen MR) is 64.1 cm³/mol. The summed E-state index contributed by atoms with van der Waals surface area (Å²) in [6.45, 7) is 2.04. The highest BCUT2D eigenvalue weighted by molar-refractivity contribution is 5.81. The molecule has 0 spiro atoms. The van der Waals surface area contributed by atoms with Gasteiger partial charge in [0.1, 0.15) is 6.10 Å². The van der Waals surface area contributed by atoms with Crippen molar-refractivity contribution in [2.45, 2.75) is 37.8 Å². The number of carbonyl (C=O) groups is 2. The van der Waals surface area contributed by atoms with Crippen LogP contribution < -0.4 is 5.32 Å². The number of carbonyl (C=O) groups excluding carboxylic acids is 2. The Kier molecular flexibility index (Phi) is 4.41. The van der Waals surface area contributed by atoms with E-state index >= 15 is 0 Å². The second kappa shape index (κ2) is 6.04. The molecule has 1 unspecified atom stereocenters. The van der Waals surface area contributed by atoms with E-state index < -0.39 is 6.09 Å². The fourth-order valence-electron chi connectivity index (χ4n) is 2.45. The zero-order chi connectivity index (χ0) is 13.0. The molecule has 2 amide bonds. The molecular formula is C12H20N2O4. The molecule has 18 heavy (non-hydrogen) atoms. The van der Waals surface area contributed by atoms with Crippen LogP contribution >= 0.6 is 0 Å². The Morgan fingerprint density at radius 2 is 2.00 bits per heavy atom. The number of piperidine rings is 1. The van der Waals surface area contributed by atoms with Gasteiger partial charge in [0.2, 0.25) is 0 Å². The summed E-state index contributed by atoms with van der Waals surface area (Å²) >= 11 is 0. The van der Waals surface area contributed by atoms with Crippen LogP contribution in [0.15, 0.2) is 0 Å². The summed E-state index contributed by atoms with van der Waals surface area (Å²) in [4.78, 5) is 25.0. The SMILES string of the molecule is COC(=O)NC1CCN(C(=O)C2CCCO2)CC1. The molecular weight excluding hydrogens is 236 g/mol. The molecule has 0 aromatic heterocycles. The first-order chi connectivity index (χ1) is 8.70. The van der Waals surface area contributed by atoms with Crippen molar-refractivity contribution in [3.63, 3.8) is 0 Å². The number of likely N-dealkylation sites (tertiary alicyclic amines) is 1. The Hall–Kier alpha value is -1.30. The molecule has 0 saturated carbocycles. The van der Waals surface area contributed by atoms with E-state index in [0.29, 0.717) is 19.7 Å². The summed E-state index contributed by atoms with van der Waals surface area (Å²) in [7, 11) is 1.35. The first kappa shape index (κ1) is 13.1. The molecule has 6 heteroatoms. The summed E-state index contributed by atoms with van der Waals surface area (Å²) in [5.41, 5.74) is 0. The second-order valence-electron chi connectivity index (χ2n) is 4.74. The van der Waals surface area contributed by atoms with Gasteiger partial charge in [0.25, 0.3) is 5.91 Å². The molecule has 6 nitrogen and oxygen atoms in total. The minimum absolute atomic E-state index is 0.101. The van der Waals surface area contributed by atoms with Gasteiger partial charge in [-0.15, -0.1) is 0 Å². The van der Waals surface area contributed by atoms with Crippen molar-refractivity contribution in [2.24, 2.45) is 0 Å². The van der Waals surface area contributed by atoms with Crippen molar-refractivity contribution in [1.29, 1.82) is 0 Å². The van der Waals surface area contributed by atoms with Gasteiger partial charge in [-0.2, -0.15) is 0 Å². The lowest BCUT2D eigenvalue weighted by Gasteiger charge is -2.33. The maximum atomic E-state index is 12.1. The number of methoxy groups -OCH3 is 1. The highest BCUT2D eigenvalue weighted by atomic mass is 16.5. The number of nitrogens with one attached hydrogen (secondary N) is 1. The average Bonchev–Trinajstić information content (AvgIpc) is 2.92. The summed E-state index contributed by atoms with van der Waals surface area (Å²) in [5.74, 6) is 0.101. The molecule has 0 aromatic rings. The van der Waals surface area contributed by atoms with Gasteiger partial charge in [-0.1, -0.05) is 0 Å². The number of amides is 2. The van der Waals surface area contributed by atoms with Crippen molar-refractivity contribution in [3.05, 3.63) is 0 Å². The van der Waals surface area contributed by atoms with E-state index in [0.717, 1.165) is 25.7 Å². The van der Waals surface area contributed by atoms with Gasteiger partial charge in [-0.3, -0.25) is 4.79 Å². The normalized spacial score (nSPS) is 24.9. The van der Waals surface area contributed by atoms with E-state index in [2.05, 4.69) is 10.1 Å². The molecule has 2 fully saturated rings. The Morgan fingerprint density at radius 1 is 1.28 bits per heavy atom. The second-order valence-corrected chi connectivity index (χ2v) is 4.74. The number of rotatable bonds is 2. The molecule has 1 atom stereocenters. The van der Waals surface area contributed by atoms with Crippen LogP contribution in [0.3, 0.4) is 0 Å². The first-order valence-electron chi connectivity index (χ1n) is 6.45. The van der Waals surface area contributed by atoms with Crippen molar-refractivity contribution >= 4 is 12.0 Å². The number of alkyl carbamates (subject to hydrolysis) is 1. The Morgan fingerprint density at radius 3 is 2.56 bits per heavy atom. The summed E-state index contributed by atoms with van der Waals surface area (Å²) in [6, 6.07) is 0.103. The van der Waals surface area contributed by atoms with E-state index in [1.807, 2.05) is 4.90 Å². The molecule has 2 saturated heterocycles. The smallest absolute Gasteiger partial charge is 0.407 e. The van der Waals surface area contributed by atoms with E-state index in [1.165, 1.54) is 7.11 Å². The topological polar surface area (TPSA) is 67.9 Å².